The minimum Gasteiger partial charge on any atom is -0.325 e. The lowest BCUT2D eigenvalue weighted by Crippen LogP contribution is -2.37. The van der Waals surface area contributed by atoms with E-state index in [0.29, 0.717) is 18.3 Å². The minimum absolute atomic E-state index is 0.0214. The van der Waals surface area contributed by atoms with Crippen molar-refractivity contribution < 1.29 is 9.18 Å². The Kier molecular flexibility index (Phi) is 4.96. The largest absolute Gasteiger partial charge is 0.325 e. The van der Waals surface area contributed by atoms with Crippen LogP contribution in [-0.4, -0.2) is 54.5 Å². The molecule has 2 saturated heterocycles. The molecule has 0 aliphatic carbocycles. The highest BCUT2D eigenvalue weighted by molar-refractivity contribution is 6.31. The zero-order chi connectivity index (χ0) is 15.5. The van der Waals surface area contributed by atoms with Gasteiger partial charge in [-0.3, -0.25) is 14.6 Å². The van der Waals surface area contributed by atoms with Gasteiger partial charge in [0.15, 0.2) is 0 Å². The third-order valence-corrected chi connectivity index (χ3v) is 4.76. The maximum absolute atomic E-state index is 13.1. The molecule has 4 nitrogen and oxygen atoms in total. The first-order valence-electron chi connectivity index (χ1n) is 7.83. The van der Waals surface area contributed by atoms with Crippen LogP contribution in [0.4, 0.5) is 10.1 Å². The van der Waals surface area contributed by atoms with Gasteiger partial charge in [0.2, 0.25) is 5.91 Å². The Bertz CT molecular complexity index is 548. The van der Waals surface area contributed by atoms with Gasteiger partial charge in [0, 0.05) is 24.8 Å². The number of nitrogens with zero attached hydrogens (tertiary/aromatic N) is 2. The van der Waals surface area contributed by atoms with Gasteiger partial charge in [-0.05, 0) is 50.6 Å². The molecular formula is C16H21ClFN3O. The molecule has 2 aliphatic heterocycles. The van der Waals surface area contributed by atoms with E-state index in [0.717, 1.165) is 19.5 Å². The molecule has 1 unspecified atom stereocenters. The Morgan fingerprint density at radius 3 is 2.82 bits per heavy atom. The van der Waals surface area contributed by atoms with Crippen molar-refractivity contribution >= 4 is 23.2 Å². The summed E-state index contributed by atoms with van der Waals surface area (Å²) in [5.41, 5.74) is 0.534. The predicted molar refractivity (Wildman–Crippen MR) is 85.7 cm³/mol. The Hall–Kier alpha value is -1.17. The molecule has 3 rings (SSSR count). The quantitative estimate of drug-likeness (QED) is 0.924. The number of nitrogens with one attached hydrogen (secondary N) is 1. The first kappa shape index (κ1) is 15.7. The lowest BCUT2D eigenvalue weighted by molar-refractivity contribution is -0.117. The molecule has 2 heterocycles. The van der Waals surface area contributed by atoms with Crippen LogP contribution in [0, 0.1) is 5.82 Å². The monoisotopic (exact) mass is 325 g/mol. The van der Waals surface area contributed by atoms with Crippen molar-refractivity contribution in [3.63, 3.8) is 0 Å². The highest BCUT2D eigenvalue weighted by atomic mass is 35.5. The molecule has 0 radical (unpaired) electrons. The van der Waals surface area contributed by atoms with Gasteiger partial charge < -0.3 is 5.32 Å². The maximum Gasteiger partial charge on any atom is 0.238 e. The van der Waals surface area contributed by atoms with Crippen molar-refractivity contribution in [2.45, 2.75) is 25.3 Å². The first-order valence-corrected chi connectivity index (χ1v) is 8.21. The van der Waals surface area contributed by atoms with Crippen LogP contribution in [0.1, 0.15) is 19.3 Å². The van der Waals surface area contributed by atoms with Crippen LogP contribution in [0.25, 0.3) is 0 Å². The SMILES string of the molecule is O=C(CN1CCC(N2CCCC2)C1)Nc1ccc(F)c(Cl)c1. The number of hydrogen-bond donors (Lipinski definition) is 1. The molecule has 0 aromatic heterocycles. The van der Waals surface area contributed by atoms with Gasteiger partial charge in [0.05, 0.1) is 11.6 Å². The van der Waals surface area contributed by atoms with E-state index in [1.807, 2.05) is 0 Å². The summed E-state index contributed by atoms with van der Waals surface area (Å²) in [5.74, 6) is -0.558. The molecule has 0 bridgehead atoms. The summed E-state index contributed by atoms with van der Waals surface area (Å²) in [6.45, 7) is 4.67. The zero-order valence-corrected chi connectivity index (χ0v) is 13.3. The lowest BCUT2D eigenvalue weighted by Gasteiger charge is -2.23. The lowest BCUT2D eigenvalue weighted by atomic mass is 10.2. The first-order chi connectivity index (χ1) is 10.6. The summed E-state index contributed by atoms with van der Waals surface area (Å²) >= 11 is 5.72. The number of halogens is 2. The Labute approximate surface area is 135 Å². The number of amides is 1. The molecule has 1 amide bonds. The molecule has 120 valence electrons. The van der Waals surface area contributed by atoms with Crippen molar-refractivity contribution in [2.75, 3.05) is 38.0 Å². The minimum atomic E-state index is -0.479. The van der Waals surface area contributed by atoms with E-state index in [1.165, 1.54) is 44.1 Å². The third kappa shape index (κ3) is 3.77. The molecule has 0 spiro atoms. The summed E-state index contributed by atoms with van der Waals surface area (Å²) in [7, 11) is 0. The molecule has 6 heteroatoms. The summed E-state index contributed by atoms with van der Waals surface area (Å²) in [6, 6.07) is 4.81. The highest BCUT2D eigenvalue weighted by Gasteiger charge is 2.29. The van der Waals surface area contributed by atoms with Crippen molar-refractivity contribution in [2.24, 2.45) is 0 Å². The summed E-state index contributed by atoms with van der Waals surface area (Å²) in [4.78, 5) is 16.8. The van der Waals surface area contributed by atoms with Crippen LogP contribution in [0.3, 0.4) is 0 Å². The molecule has 2 fully saturated rings. The fraction of sp³-hybridized carbons (Fsp3) is 0.562. The molecular weight excluding hydrogens is 305 g/mol. The number of rotatable bonds is 4. The van der Waals surface area contributed by atoms with Crippen LogP contribution in [0.2, 0.25) is 5.02 Å². The highest BCUT2D eigenvalue weighted by Crippen LogP contribution is 2.21. The van der Waals surface area contributed by atoms with E-state index < -0.39 is 5.82 Å². The molecule has 22 heavy (non-hydrogen) atoms. The van der Waals surface area contributed by atoms with Crippen LogP contribution >= 0.6 is 11.6 Å². The molecule has 2 aliphatic rings. The predicted octanol–water partition coefficient (Wildman–Crippen LogP) is 2.59. The van der Waals surface area contributed by atoms with Gasteiger partial charge in [0.1, 0.15) is 5.82 Å². The molecule has 1 aromatic rings. The molecule has 0 saturated carbocycles. The number of hydrogen-bond acceptors (Lipinski definition) is 3. The van der Waals surface area contributed by atoms with Crippen LogP contribution in [0.5, 0.6) is 0 Å². The average molecular weight is 326 g/mol. The topological polar surface area (TPSA) is 35.6 Å². The van der Waals surface area contributed by atoms with E-state index in [1.54, 1.807) is 0 Å². The zero-order valence-electron chi connectivity index (χ0n) is 12.5. The van der Waals surface area contributed by atoms with Gasteiger partial charge >= 0.3 is 0 Å². The second kappa shape index (κ2) is 6.94. The fourth-order valence-electron chi connectivity index (χ4n) is 3.34. The smallest absolute Gasteiger partial charge is 0.238 e. The average Bonchev–Trinajstić information content (AvgIpc) is 3.13. The normalized spacial score (nSPS) is 23.1. The third-order valence-electron chi connectivity index (χ3n) is 4.48. The van der Waals surface area contributed by atoms with Gasteiger partial charge in [-0.2, -0.15) is 0 Å². The van der Waals surface area contributed by atoms with Crippen molar-refractivity contribution in [1.82, 2.24) is 9.80 Å². The Balaban J connectivity index is 1.48. The van der Waals surface area contributed by atoms with Gasteiger partial charge in [-0.1, -0.05) is 11.6 Å². The second-order valence-corrected chi connectivity index (χ2v) is 6.50. The van der Waals surface area contributed by atoms with E-state index in [-0.39, 0.29) is 10.9 Å². The standard InChI is InChI=1S/C16H21ClFN3O/c17-14-9-12(3-4-15(14)18)19-16(22)11-20-8-5-13(10-20)21-6-1-2-7-21/h3-4,9,13H,1-2,5-8,10-11H2,(H,19,22). The van der Waals surface area contributed by atoms with Crippen LogP contribution in [0.15, 0.2) is 18.2 Å². The van der Waals surface area contributed by atoms with Gasteiger partial charge in [0.25, 0.3) is 0 Å². The summed E-state index contributed by atoms with van der Waals surface area (Å²) in [6.07, 6.45) is 3.72. The number of anilines is 1. The van der Waals surface area contributed by atoms with Gasteiger partial charge in [-0.25, -0.2) is 4.39 Å². The van der Waals surface area contributed by atoms with E-state index in [9.17, 15) is 9.18 Å². The van der Waals surface area contributed by atoms with Gasteiger partial charge in [-0.15, -0.1) is 0 Å². The number of carbonyl (C=O) groups is 1. The Morgan fingerprint density at radius 1 is 1.32 bits per heavy atom. The number of benzene rings is 1. The van der Waals surface area contributed by atoms with Crippen LogP contribution < -0.4 is 5.32 Å². The fourth-order valence-corrected chi connectivity index (χ4v) is 3.52. The molecule has 1 N–H and O–H groups in total. The molecule has 1 aromatic carbocycles. The van der Waals surface area contributed by atoms with E-state index in [2.05, 4.69) is 15.1 Å². The van der Waals surface area contributed by atoms with Crippen molar-refractivity contribution in [1.29, 1.82) is 0 Å². The van der Waals surface area contributed by atoms with E-state index in [4.69, 9.17) is 11.6 Å². The second-order valence-electron chi connectivity index (χ2n) is 6.10. The number of carbonyl (C=O) groups excluding carboxylic acids is 1. The molecule has 1 atom stereocenters. The van der Waals surface area contributed by atoms with Crippen molar-refractivity contribution in [3.8, 4) is 0 Å². The number of likely N-dealkylation sites (tertiary alicyclic amines) is 2. The van der Waals surface area contributed by atoms with E-state index >= 15 is 0 Å². The Morgan fingerprint density at radius 2 is 2.09 bits per heavy atom. The van der Waals surface area contributed by atoms with Crippen LogP contribution in [-0.2, 0) is 4.79 Å². The maximum atomic E-state index is 13.1. The van der Waals surface area contributed by atoms with Crippen molar-refractivity contribution in [3.05, 3.63) is 29.0 Å². The summed E-state index contributed by atoms with van der Waals surface area (Å²) in [5, 5.41) is 2.80. The summed E-state index contributed by atoms with van der Waals surface area (Å²) < 4.78 is 13.1.